The first-order valence-corrected chi connectivity index (χ1v) is 10.2. The van der Waals surface area contributed by atoms with Crippen molar-refractivity contribution in [1.29, 1.82) is 0 Å². The summed E-state index contributed by atoms with van der Waals surface area (Å²) in [6.07, 6.45) is 5.44. The van der Waals surface area contributed by atoms with Gasteiger partial charge in [0.25, 0.3) is 0 Å². The summed E-state index contributed by atoms with van der Waals surface area (Å²) in [5, 5.41) is 0. The molecule has 0 radical (unpaired) electrons. The van der Waals surface area contributed by atoms with Crippen LogP contribution in [-0.4, -0.2) is 47.8 Å². The van der Waals surface area contributed by atoms with Crippen LogP contribution in [0.1, 0.15) is 50.7 Å². The molecule has 142 valence electrons. The van der Waals surface area contributed by atoms with Crippen LogP contribution < -0.4 is 0 Å². The molecule has 2 amide bonds. The average molecular weight is 357 g/mol. The van der Waals surface area contributed by atoms with Gasteiger partial charge in [-0.2, -0.15) is 0 Å². The molecule has 2 aliphatic heterocycles. The maximum Gasteiger partial charge on any atom is 0.226 e. The zero-order valence-corrected chi connectivity index (χ0v) is 16.2. The van der Waals surface area contributed by atoms with Gasteiger partial charge in [0.15, 0.2) is 0 Å². The van der Waals surface area contributed by atoms with Gasteiger partial charge >= 0.3 is 0 Å². The largest absolute Gasteiger partial charge is 0.342 e. The minimum absolute atomic E-state index is 0.118. The number of piperidine rings is 1. The summed E-state index contributed by atoms with van der Waals surface area (Å²) >= 11 is 0. The van der Waals surface area contributed by atoms with E-state index >= 15 is 0 Å². The molecular weight excluding hydrogens is 324 g/mol. The predicted molar refractivity (Wildman–Crippen MR) is 104 cm³/mol. The van der Waals surface area contributed by atoms with E-state index in [4.69, 9.17) is 0 Å². The van der Waals surface area contributed by atoms with Crippen LogP contribution in [0, 0.1) is 11.8 Å². The van der Waals surface area contributed by atoms with Gasteiger partial charge in [0.2, 0.25) is 11.8 Å². The maximum atomic E-state index is 12.6. The molecular formula is C22H32N2O2. The van der Waals surface area contributed by atoms with Crippen molar-refractivity contribution in [2.75, 3.05) is 26.2 Å². The summed E-state index contributed by atoms with van der Waals surface area (Å²) in [5.74, 6) is 1.27. The molecule has 0 aliphatic carbocycles. The fourth-order valence-electron chi connectivity index (χ4n) is 4.12. The molecule has 2 aliphatic rings. The lowest BCUT2D eigenvalue weighted by atomic mass is 9.94. The molecule has 0 spiro atoms. The van der Waals surface area contributed by atoms with E-state index in [1.807, 2.05) is 9.80 Å². The van der Waals surface area contributed by atoms with Crippen LogP contribution in [0.2, 0.25) is 0 Å². The summed E-state index contributed by atoms with van der Waals surface area (Å²) in [6.45, 7) is 7.71. The molecule has 3 rings (SSSR count). The summed E-state index contributed by atoms with van der Waals surface area (Å²) in [7, 11) is 0. The zero-order valence-electron chi connectivity index (χ0n) is 16.2. The highest BCUT2D eigenvalue weighted by Crippen LogP contribution is 2.22. The van der Waals surface area contributed by atoms with Gasteiger partial charge in [0.1, 0.15) is 0 Å². The van der Waals surface area contributed by atoms with Gasteiger partial charge in [-0.1, -0.05) is 38.1 Å². The molecule has 0 saturated carbocycles. The van der Waals surface area contributed by atoms with E-state index in [-0.39, 0.29) is 11.8 Å². The zero-order chi connectivity index (χ0) is 18.5. The Labute approximate surface area is 157 Å². The first kappa shape index (κ1) is 18.9. The molecule has 0 bridgehead atoms. The Morgan fingerprint density at radius 3 is 2.08 bits per heavy atom. The molecule has 0 N–H and O–H groups in total. The third-order valence-electron chi connectivity index (χ3n) is 5.64. The highest BCUT2D eigenvalue weighted by molar-refractivity contribution is 5.81. The first-order valence-electron chi connectivity index (χ1n) is 10.2. The first-order chi connectivity index (χ1) is 12.5. The fraction of sp³-hybridized carbons (Fsp3) is 0.636. The van der Waals surface area contributed by atoms with Gasteiger partial charge < -0.3 is 9.80 Å². The summed E-state index contributed by atoms with van der Waals surface area (Å²) in [4.78, 5) is 29.0. The number of carbonyl (C=O) groups excluding carboxylic acids is 2. The number of hydrogen-bond donors (Lipinski definition) is 0. The lowest BCUT2D eigenvalue weighted by Crippen LogP contribution is -2.44. The SMILES string of the molecule is CC(C)Cc1ccc(CC(=O)N2CCC(C(=O)N3CCCC3)CC2)cc1. The van der Waals surface area contributed by atoms with E-state index in [9.17, 15) is 9.59 Å². The highest BCUT2D eigenvalue weighted by atomic mass is 16.2. The number of carbonyl (C=O) groups is 2. The Bertz CT molecular complexity index is 610. The van der Waals surface area contributed by atoms with Crippen LogP contribution in [0.15, 0.2) is 24.3 Å². The van der Waals surface area contributed by atoms with Crippen LogP contribution in [0.5, 0.6) is 0 Å². The third-order valence-corrected chi connectivity index (χ3v) is 5.64. The Hall–Kier alpha value is -1.84. The highest BCUT2D eigenvalue weighted by Gasteiger charge is 2.31. The average Bonchev–Trinajstić information content (AvgIpc) is 3.17. The van der Waals surface area contributed by atoms with Crippen molar-refractivity contribution in [3.8, 4) is 0 Å². The fourth-order valence-corrected chi connectivity index (χ4v) is 4.12. The van der Waals surface area contributed by atoms with Gasteiger partial charge in [-0.15, -0.1) is 0 Å². The van der Waals surface area contributed by atoms with Crippen LogP contribution in [-0.2, 0) is 22.4 Å². The van der Waals surface area contributed by atoms with Crippen LogP contribution >= 0.6 is 0 Å². The monoisotopic (exact) mass is 356 g/mol. The Kier molecular flexibility index (Phi) is 6.33. The third kappa shape index (κ3) is 4.87. The van der Waals surface area contributed by atoms with Crippen LogP contribution in [0.4, 0.5) is 0 Å². The van der Waals surface area contributed by atoms with E-state index < -0.39 is 0 Å². The summed E-state index contributed by atoms with van der Waals surface area (Å²) in [6, 6.07) is 8.45. The summed E-state index contributed by atoms with van der Waals surface area (Å²) in [5.41, 5.74) is 2.41. The van der Waals surface area contributed by atoms with E-state index in [2.05, 4.69) is 38.1 Å². The van der Waals surface area contributed by atoms with Crippen molar-refractivity contribution in [1.82, 2.24) is 9.80 Å². The normalized spacial score (nSPS) is 18.6. The minimum atomic E-state index is 0.118. The van der Waals surface area contributed by atoms with E-state index in [1.165, 1.54) is 5.56 Å². The van der Waals surface area contributed by atoms with Gasteiger partial charge in [0.05, 0.1) is 6.42 Å². The molecule has 26 heavy (non-hydrogen) atoms. The Balaban J connectivity index is 1.46. The summed E-state index contributed by atoms with van der Waals surface area (Å²) < 4.78 is 0. The van der Waals surface area contributed by atoms with Gasteiger partial charge in [-0.05, 0) is 49.1 Å². The molecule has 2 saturated heterocycles. The number of likely N-dealkylation sites (tertiary alicyclic amines) is 2. The van der Waals surface area contributed by atoms with Gasteiger partial charge in [0, 0.05) is 32.1 Å². The second kappa shape index (κ2) is 8.70. The van der Waals surface area contributed by atoms with Crippen LogP contribution in [0.25, 0.3) is 0 Å². The molecule has 1 aromatic carbocycles. The van der Waals surface area contributed by atoms with Crippen molar-refractivity contribution in [3.05, 3.63) is 35.4 Å². The van der Waals surface area contributed by atoms with Gasteiger partial charge in [-0.25, -0.2) is 0 Å². The topological polar surface area (TPSA) is 40.6 Å². The number of benzene rings is 1. The molecule has 4 nitrogen and oxygen atoms in total. The molecule has 4 heteroatoms. The molecule has 2 fully saturated rings. The van der Waals surface area contributed by atoms with Crippen molar-refractivity contribution in [3.63, 3.8) is 0 Å². The quantitative estimate of drug-likeness (QED) is 0.812. The minimum Gasteiger partial charge on any atom is -0.342 e. The molecule has 1 aromatic rings. The second-order valence-electron chi connectivity index (χ2n) is 8.28. The van der Waals surface area contributed by atoms with E-state index in [0.29, 0.717) is 31.3 Å². The smallest absolute Gasteiger partial charge is 0.226 e. The number of amides is 2. The van der Waals surface area contributed by atoms with Crippen molar-refractivity contribution < 1.29 is 9.59 Å². The predicted octanol–water partition coefficient (Wildman–Crippen LogP) is 3.29. The van der Waals surface area contributed by atoms with Crippen molar-refractivity contribution in [2.45, 2.75) is 52.4 Å². The van der Waals surface area contributed by atoms with E-state index in [1.54, 1.807) is 0 Å². The molecule has 2 heterocycles. The van der Waals surface area contributed by atoms with Gasteiger partial charge in [-0.3, -0.25) is 9.59 Å². The molecule has 0 unspecified atom stereocenters. The van der Waals surface area contributed by atoms with Crippen LogP contribution in [0.3, 0.4) is 0 Å². The van der Waals surface area contributed by atoms with Crippen molar-refractivity contribution in [2.24, 2.45) is 11.8 Å². The van der Waals surface area contributed by atoms with Crippen molar-refractivity contribution >= 4 is 11.8 Å². The Morgan fingerprint density at radius 2 is 1.50 bits per heavy atom. The number of hydrogen-bond acceptors (Lipinski definition) is 2. The lowest BCUT2D eigenvalue weighted by molar-refractivity contribution is -0.139. The number of rotatable bonds is 5. The standard InChI is InChI=1S/C22H32N2O2/c1-17(2)15-18-5-7-19(8-6-18)16-21(25)23-13-9-20(10-14-23)22(26)24-11-3-4-12-24/h5-8,17,20H,3-4,9-16H2,1-2H3. The lowest BCUT2D eigenvalue weighted by Gasteiger charge is -2.33. The van der Waals surface area contributed by atoms with E-state index in [0.717, 1.165) is 50.8 Å². The Morgan fingerprint density at radius 1 is 0.923 bits per heavy atom. The number of nitrogens with zero attached hydrogens (tertiary/aromatic N) is 2. The molecule has 0 atom stereocenters. The maximum absolute atomic E-state index is 12.6. The molecule has 0 aromatic heterocycles. The second-order valence-corrected chi connectivity index (χ2v) is 8.28.